The molecule has 31 heavy (non-hydrogen) atoms. The lowest BCUT2D eigenvalue weighted by atomic mass is 9.70. The van der Waals surface area contributed by atoms with Crippen LogP contribution in [0.5, 0.6) is 0 Å². The highest BCUT2D eigenvalue weighted by Crippen LogP contribution is 2.43. The molecule has 0 spiro atoms. The Bertz CT molecular complexity index is 806. The highest BCUT2D eigenvalue weighted by atomic mass is 19.2. The molecular formula is C27H34F3N. The second-order valence-corrected chi connectivity index (χ2v) is 9.55. The van der Waals surface area contributed by atoms with Gasteiger partial charge < -0.3 is 0 Å². The van der Waals surface area contributed by atoms with E-state index in [4.69, 9.17) is 5.26 Å². The highest BCUT2D eigenvalue weighted by molar-refractivity contribution is 5.22. The van der Waals surface area contributed by atoms with Crippen LogP contribution in [0.1, 0.15) is 95.0 Å². The molecule has 2 aliphatic rings. The summed E-state index contributed by atoms with van der Waals surface area (Å²) >= 11 is 0. The number of hydrogen-bond acceptors (Lipinski definition) is 1. The first-order valence-corrected chi connectivity index (χ1v) is 11.9. The lowest BCUT2D eigenvalue weighted by Crippen LogP contribution is -2.21. The van der Waals surface area contributed by atoms with Gasteiger partial charge in [0, 0.05) is 0 Å². The molecule has 0 radical (unpaired) electrons. The third-order valence-electron chi connectivity index (χ3n) is 7.45. The first kappa shape index (κ1) is 23.6. The fourth-order valence-electron chi connectivity index (χ4n) is 5.59. The van der Waals surface area contributed by atoms with E-state index < -0.39 is 17.5 Å². The minimum atomic E-state index is -0.769. The predicted octanol–water partition coefficient (Wildman–Crippen LogP) is 8.68. The van der Waals surface area contributed by atoms with Crippen LogP contribution in [0.25, 0.3) is 0 Å². The number of benzene rings is 1. The monoisotopic (exact) mass is 429 g/mol. The fourth-order valence-corrected chi connectivity index (χ4v) is 5.59. The number of halogens is 3. The molecule has 1 nitrogen and oxygen atoms in total. The van der Waals surface area contributed by atoms with Crippen molar-refractivity contribution in [3.63, 3.8) is 0 Å². The first-order chi connectivity index (χ1) is 15.0. The largest absolute Gasteiger partial charge is 0.204 e. The van der Waals surface area contributed by atoms with Crippen molar-refractivity contribution in [3.8, 4) is 6.07 Å². The standard InChI is InChI=1S/C27H34F3N/c28-24(20-31)8-6-18-27(15-3-1-4-16-27)17-5-2-7-21-9-11-22(12-10-21)23-13-14-25(29)26(30)19-23/h6,8,13-14,18-19,21-22H,1-5,7,9-12,15-17H2. The number of unbranched alkanes of at least 4 members (excludes halogenated alkanes) is 1. The second kappa shape index (κ2) is 11.6. The van der Waals surface area contributed by atoms with Crippen LogP contribution in [0, 0.1) is 34.3 Å². The van der Waals surface area contributed by atoms with Crippen LogP contribution in [0.3, 0.4) is 0 Å². The lowest BCUT2D eigenvalue weighted by molar-refractivity contribution is 0.226. The van der Waals surface area contributed by atoms with E-state index in [0.717, 1.165) is 56.4 Å². The molecule has 0 bridgehead atoms. The van der Waals surface area contributed by atoms with Crippen molar-refractivity contribution in [2.75, 3.05) is 0 Å². The summed E-state index contributed by atoms with van der Waals surface area (Å²) in [7, 11) is 0. The van der Waals surface area contributed by atoms with E-state index in [-0.39, 0.29) is 5.41 Å². The van der Waals surface area contributed by atoms with Crippen molar-refractivity contribution in [1.29, 1.82) is 5.26 Å². The molecule has 2 fully saturated rings. The summed E-state index contributed by atoms with van der Waals surface area (Å²) in [5.41, 5.74) is 1.10. The second-order valence-electron chi connectivity index (χ2n) is 9.55. The zero-order valence-corrected chi connectivity index (χ0v) is 18.4. The Hall–Kier alpha value is -2.02. The Kier molecular flexibility index (Phi) is 8.81. The summed E-state index contributed by atoms with van der Waals surface area (Å²) in [5, 5.41) is 8.58. The average Bonchev–Trinajstić information content (AvgIpc) is 2.79. The summed E-state index contributed by atoms with van der Waals surface area (Å²) in [4.78, 5) is 0. The van der Waals surface area contributed by atoms with Crippen molar-refractivity contribution in [1.82, 2.24) is 0 Å². The topological polar surface area (TPSA) is 23.8 Å². The smallest absolute Gasteiger partial charge is 0.199 e. The Morgan fingerprint density at radius 1 is 1.03 bits per heavy atom. The van der Waals surface area contributed by atoms with E-state index >= 15 is 0 Å². The van der Waals surface area contributed by atoms with Gasteiger partial charge in [-0.3, -0.25) is 0 Å². The molecule has 0 saturated heterocycles. The van der Waals surface area contributed by atoms with Crippen LogP contribution in [0.4, 0.5) is 13.2 Å². The minimum absolute atomic E-state index is 0.162. The molecule has 0 aliphatic heterocycles. The van der Waals surface area contributed by atoms with Crippen molar-refractivity contribution in [2.24, 2.45) is 11.3 Å². The molecule has 0 N–H and O–H groups in total. The maximum atomic E-state index is 13.5. The molecule has 168 valence electrons. The first-order valence-electron chi connectivity index (χ1n) is 11.9. The van der Waals surface area contributed by atoms with E-state index in [1.807, 2.05) is 0 Å². The van der Waals surface area contributed by atoms with Gasteiger partial charge in [-0.05, 0) is 86.0 Å². The number of nitrogens with zero attached hydrogens (tertiary/aromatic N) is 1. The summed E-state index contributed by atoms with van der Waals surface area (Å²) in [6.45, 7) is 0. The normalized spacial score (nSPS) is 24.3. The number of nitriles is 1. The Labute approximate surface area is 185 Å². The van der Waals surface area contributed by atoms with Crippen molar-refractivity contribution in [2.45, 2.75) is 89.4 Å². The number of rotatable bonds is 8. The van der Waals surface area contributed by atoms with Crippen LogP contribution >= 0.6 is 0 Å². The van der Waals surface area contributed by atoms with Crippen molar-refractivity contribution in [3.05, 3.63) is 59.5 Å². The number of hydrogen-bond donors (Lipinski definition) is 0. The van der Waals surface area contributed by atoms with Crippen LogP contribution in [-0.2, 0) is 0 Å². The molecular weight excluding hydrogens is 395 g/mol. The van der Waals surface area contributed by atoms with Gasteiger partial charge in [-0.1, -0.05) is 56.7 Å². The molecule has 0 atom stereocenters. The van der Waals surface area contributed by atoms with Gasteiger partial charge >= 0.3 is 0 Å². The molecule has 3 rings (SSSR count). The molecule has 2 saturated carbocycles. The van der Waals surface area contributed by atoms with E-state index in [0.29, 0.717) is 5.92 Å². The highest BCUT2D eigenvalue weighted by Gasteiger charge is 2.29. The molecule has 0 amide bonds. The zero-order chi connectivity index (χ0) is 22.1. The van der Waals surface area contributed by atoms with Crippen LogP contribution < -0.4 is 0 Å². The van der Waals surface area contributed by atoms with Gasteiger partial charge in [-0.25, -0.2) is 8.78 Å². The maximum absolute atomic E-state index is 13.5. The third kappa shape index (κ3) is 6.99. The van der Waals surface area contributed by atoms with Gasteiger partial charge in [-0.2, -0.15) is 9.65 Å². The van der Waals surface area contributed by atoms with Gasteiger partial charge in [0.1, 0.15) is 6.07 Å². The molecule has 1 aromatic carbocycles. The molecule has 1 aromatic rings. The summed E-state index contributed by atoms with van der Waals surface area (Å²) in [5.74, 6) is -1.16. The SMILES string of the molecule is N#CC(F)=CC=CC1(CCCCC2CCC(c3ccc(F)c(F)c3)CC2)CCCCC1. The molecule has 0 unspecified atom stereocenters. The average molecular weight is 430 g/mol. The lowest BCUT2D eigenvalue weighted by Gasteiger charge is -2.35. The Balaban J connectivity index is 1.42. The van der Waals surface area contributed by atoms with Crippen LogP contribution in [0.15, 0.2) is 42.3 Å². The Morgan fingerprint density at radius 3 is 2.45 bits per heavy atom. The predicted molar refractivity (Wildman–Crippen MR) is 119 cm³/mol. The van der Waals surface area contributed by atoms with Gasteiger partial charge in [0.25, 0.3) is 0 Å². The van der Waals surface area contributed by atoms with E-state index in [1.54, 1.807) is 12.1 Å². The van der Waals surface area contributed by atoms with Gasteiger partial charge in [0.2, 0.25) is 0 Å². The van der Waals surface area contributed by atoms with Gasteiger partial charge in [-0.15, -0.1) is 0 Å². The fraction of sp³-hybridized carbons (Fsp3) is 0.593. The van der Waals surface area contributed by atoms with E-state index in [9.17, 15) is 13.2 Å². The quantitative estimate of drug-likeness (QED) is 0.230. The van der Waals surface area contributed by atoms with Crippen molar-refractivity contribution >= 4 is 0 Å². The van der Waals surface area contributed by atoms with Crippen LogP contribution in [-0.4, -0.2) is 0 Å². The Morgan fingerprint density at radius 2 is 1.77 bits per heavy atom. The van der Waals surface area contributed by atoms with Gasteiger partial charge in [0.15, 0.2) is 17.5 Å². The van der Waals surface area contributed by atoms with E-state index in [1.165, 1.54) is 62.8 Å². The van der Waals surface area contributed by atoms with Gasteiger partial charge in [0.05, 0.1) is 0 Å². The summed E-state index contributed by atoms with van der Waals surface area (Å²) in [6, 6.07) is 5.88. The van der Waals surface area contributed by atoms with Crippen LogP contribution in [0.2, 0.25) is 0 Å². The summed E-state index contributed by atoms with van der Waals surface area (Å²) in [6.07, 6.45) is 20.4. The summed E-state index contributed by atoms with van der Waals surface area (Å²) < 4.78 is 39.8. The van der Waals surface area contributed by atoms with Crippen molar-refractivity contribution < 1.29 is 13.2 Å². The molecule has 0 aromatic heterocycles. The molecule has 4 heteroatoms. The molecule has 2 aliphatic carbocycles. The molecule has 0 heterocycles. The zero-order valence-electron chi connectivity index (χ0n) is 18.4. The number of allylic oxidation sites excluding steroid dienone is 4. The minimum Gasteiger partial charge on any atom is -0.204 e. The van der Waals surface area contributed by atoms with E-state index in [2.05, 4.69) is 6.08 Å². The maximum Gasteiger partial charge on any atom is 0.199 e. The third-order valence-corrected chi connectivity index (χ3v) is 7.45.